The molecule has 3 rings (SSSR count). The first kappa shape index (κ1) is 12.9. The number of aromatic nitrogens is 1. The van der Waals surface area contributed by atoms with E-state index in [1.165, 1.54) is 12.8 Å². The quantitative estimate of drug-likeness (QED) is 0.884. The van der Waals surface area contributed by atoms with Crippen LogP contribution >= 0.6 is 22.7 Å². The van der Waals surface area contributed by atoms with Gasteiger partial charge in [-0.25, -0.2) is 4.98 Å². The molecular weight excluding hydrogens is 293 g/mol. The minimum atomic E-state index is -4.26. The van der Waals surface area contributed by atoms with E-state index in [2.05, 4.69) is 10.3 Å². The van der Waals surface area contributed by atoms with Gasteiger partial charge in [-0.2, -0.15) is 13.2 Å². The third-order valence-corrected chi connectivity index (χ3v) is 4.72. The van der Waals surface area contributed by atoms with Gasteiger partial charge in [0.25, 0.3) is 0 Å². The third kappa shape index (κ3) is 2.92. The van der Waals surface area contributed by atoms with Crippen molar-refractivity contribution in [2.75, 3.05) is 5.32 Å². The zero-order valence-electron chi connectivity index (χ0n) is 9.83. The van der Waals surface area contributed by atoms with Crippen molar-refractivity contribution in [3.8, 4) is 0 Å². The van der Waals surface area contributed by atoms with Crippen molar-refractivity contribution in [3.05, 3.63) is 33.1 Å². The lowest BCUT2D eigenvalue weighted by Gasteiger charge is -2.04. The van der Waals surface area contributed by atoms with Crippen molar-refractivity contribution in [1.82, 2.24) is 4.98 Å². The molecule has 0 unspecified atom stereocenters. The summed E-state index contributed by atoms with van der Waals surface area (Å²) < 4.78 is 37.4. The second-order valence-electron chi connectivity index (χ2n) is 4.49. The third-order valence-electron chi connectivity index (χ3n) is 2.99. The number of alkyl halides is 3. The molecule has 7 heteroatoms. The summed E-state index contributed by atoms with van der Waals surface area (Å²) in [5.74, 6) is 0.567. The number of thiophene rings is 1. The number of nitrogens with one attached hydrogen (secondary N) is 1. The lowest BCUT2D eigenvalue weighted by atomic mass is 10.2. The number of thiazole rings is 1. The number of rotatable bonds is 4. The van der Waals surface area contributed by atoms with Crippen molar-refractivity contribution in [2.24, 2.45) is 0 Å². The smallest absolute Gasteiger partial charge is 0.372 e. The molecule has 0 aromatic carbocycles. The lowest BCUT2D eigenvalue weighted by Crippen LogP contribution is -2.03. The monoisotopic (exact) mass is 304 g/mol. The molecule has 102 valence electrons. The summed E-state index contributed by atoms with van der Waals surface area (Å²) in [6.45, 7) is 0.550. The first-order valence-electron chi connectivity index (χ1n) is 5.86. The molecule has 1 fully saturated rings. The van der Waals surface area contributed by atoms with Crippen LogP contribution in [0.15, 0.2) is 17.0 Å². The van der Waals surface area contributed by atoms with Gasteiger partial charge in [-0.05, 0) is 18.9 Å². The van der Waals surface area contributed by atoms with Gasteiger partial charge in [-0.3, -0.25) is 0 Å². The average Bonchev–Trinajstić information content (AvgIpc) is 2.91. The second kappa shape index (κ2) is 4.79. The largest absolute Gasteiger partial charge is 0.417 e. The van der Waals surface area contributed by atoms with Gasteiger partial charge in [0.05, 0.1) is 28.3 Å². The fourth-order valence-electron chi connectivity index (χ4n) is 1.85. The van der Waals surface area contributed by atoms with E-state index in [1.807, 2.05) is 0 Å². The number of halogens is 3. The molecule has 0 atom stereocenters. The molecule has 2 aromatic heterocycles. The molecule has 2 aromatic rings. The average molecular weight is 304 g/mol. The van der Waals surface area contributed by atoms with E-state index < -0.39 is 11.7 Å². The van der Waals surface area contributed by atoms with Crippen LogP contribution in [0.2, 0.25) is 0 Å². The van der Waals surface area contributed by atoms with Crippen molar-refractivity contribution < 1.29 is 13.2 Å². The Labute approximate surface area is 116 Å². The summed E-state index contributed by atoms with van der Waals surface area (Å²) in [6.07, 6.45) is -1.91. The molecule has 0 bridgehead atoms. The summed E-state index contributed by atoms with van der Waals surface area (Å²) >= 11 is 2.64. The molecule has 1 aliphatic rings. The van der Waals surface area contributed by atoms with E-state index in [1.54, 1.807) is 16.8 Å². The van der Waals surface area contributed by atoms with Gasteiger partial charge in [0, 0.05) is 16.2 Å². The SMILES string of the molecule is FC(F)(F)c1csc(NCc2scnc2C2CC2)c1. The van der Waals surface area contributed by atoms with Crippen LogP contribution in [-0.4, -0.2) is 4.98 Å². The highest BCUT2D eigenvalue weighted by molar-refractivity contribution is 7.14. The Morgan fingerprint density at radius 2 is 2.11 bits per heavy atom. The summed E-state index contributed by atoms with van der Waals surface area (Å²) in [7, 11) is 0. The standard InChI is InChI=1S/C12H11F3N2S2/c13-12(14,15)8-3-10(18-5-8)16-4-9-11(7-1-2-7)17-6-19-9/h3,5-7,16H,1-2,4H2. The van der Waals surface area contributed by atoms with E-state index >= 15 is 0 Å². The topological polar surface area (TPSA) is 24.9 Å². The maximum Gasteiger partial charge on any atom is 0.417 e. The van der Waals surface area contributed by atoms with Crippen molar-refractivity contribution >= 4 is 27.7 Å². The molecule has 0 saturated heterocycles. The van der Waals surface area contributed by atoms with Gasteiger partial charge in [0.15, 0.2) is 0 Å². The van der Waals surface area contributed by atoms with Gasteiger partial charge in [-0.1, -0.05) is 0 Å². The predicted octanol–water partition coefficient (Wildman–Crippen LogP) is 4.71. The molecule has 0 aliphatic heterocycles. The van der Waals surface area contributed by atoms with Crippen molar-refractivity contribution in [1.29, 1.82) is 0 Å². The zero-order valence-corrected chi connectivity index (χ0v) is 11.5. The minimum Gasteiger partial charge on any atom is -0.372 e. The first-order valence-corrected chi connectivity index (χ1v) is 7.62. The molecular formula is C12H11F3N2S2. The highest BCUT2D eigenvalue weighted by atomic mass is 32.1. The van der Waals surface area contributed by atoms with Gasteiger partial charge in [0.1, 0.15) is 0 Å². The minimum absolute atomic E-state index is 0.544. The molecule has 1 N–H and O–H groups in total. The molecule has 2 nitrogen and oxygen atoms in total. The zero-order chi connectivity index (χ0) is 13.5. The number of hydrogen-bond acceptors (Lipinski definition) is 4. The maximum atomic E-state index is 12.5. The van der Waals surface area contributed by atoms with Crippen molar-refractivity contribution in [3.63, 3.8) is 0 Å². The predicted molar refractivity (Wildman–Crippen MR) is 70.7 cm³/mol. The van der Waals surface area contributed by atoms with Crippen LogP contribution in [0.25, 0.3) is 0 Å². The fourth-order valence-corrected chi connectivity index (χ4v) is 3.44. The molecule has 0 amide bonds. The number of anilines is 1. The van der Waals surface area contributed by atoms with Gasteiger partial charge in [-0.15, -0.1) is 22.7 Å². The second-order valence-corrected chi connectivity index (χ2v) is 6.34. The molecule has 1 aliphatic carbocycles. The highest BCUT2D eigenvalue weighted by Gasteiger charge is 2.32. The Bertz CT molecular complexity index is 570. The number of hydrogen-bond donors (Lipinski definition) is 1. The first-order chi connectivity index (χ1) is 9.04. The molecule has 0 spiro atoms. The fraction of sp³-hybridized carbons (Fsp3) is 0.417. The van der Waals surface area contributed by atoms with Crippen LogP contribution in [0, 0.1) is 0 Å². The number of nitrogens with zero attached hydrogens (tertiary/aromatic N) is 1. The van der Waals surface area contributed by atoms with Crippen LogP contribution < -0.4 is 5.32 Å². The van der Waals surface area contributed by atoms with Crippen LogP contribution in [0.3, 0.4) is 0 Å². The molecule has 0 radical (unpaired) electrons. The Hall–Kier alpha value is -1.08. The summed E-state index contributed by atoms with van der Waals surface area (Å²) in [6, 6.07) is 1.16. The Morgan fingerprint density at radius 3 is 2.74 bits per heavy atom. The van der Waals surface area contributed by atoms with E-state index in [4.69, 9.17) is 0 Å². The van der Waals surface area contributed by atoms with Gasteiger partial charge in [0.2, 0.25) is 0 Å². The van der Waals surface area contributed by atoms with Gasteiger partial charge >= 0.3 is 6.18 Å². The molecule has 19 heavy (non-hydrogen) atoms. The maximum absolute atomic E-state index is 12.5. The van der Waals surface area contributed by atoms with E-state index in [0.29, 0.717) is 17.5 Å². The van der Waals surface area contributed by atoms with E-state index in [9.17, 15) is 13.2 Å². The van der Waals surface area contributed by atoms with Crippen LogP contribution in [0.1, 0.15) is 34.9 Å². The van der Waals surface area contributed by atoms with Crippen LogP contribution in [0.4, 0.5) is 18.2 Å². The van der Waals surface area contributed by atoms with Crippen LogP contribution in [-0.2, 0) is 12.7 Å². The highest BCUT2D eigenvalue weighted by Crippen LogP contribution is 2.42. The van der Waals surface area contributed by atoms with E-state index in [-0.39, 0.29) is 0 Å². The Kier molecular flexibility index (Phi) is 3.26. The summed E-state index contributed by atoms with van der Waals surface area (Å²) in [5.41, 5.74) is 2.33. The summed E-state index contributed by atoms with van der Waals surface area (Å²) in [4.78, 5) is 5.47. The van der Waals surface area contributed by atoms with Crippen molar-refractivity contribution in [2.45, 2.75) is 31.5 Å². The van der Waals surface area contributed by atoms with Gasteiger partial charge < -0.3 is 5.32 Å². The van der Waals surface area contributed by atoms with Crippen LogP contribution in [0.5, 0.6) is 0 Å². The lowest BCUT2D eigenvalue weighted by molar-refractivity contribution is -0.137. The summed E-state index contributed by atoms with van der Waals surface area (Å²) in [5, 5.41) is 4.73. The molecule has 1 saturated carbocycles. The van der Waals surface area contributed by atoms with E-state index in [0.717, 1.165) is 33.4 Å². The molecule has 2 heterocycles. The normalized spacial score (nSPS) is 15.7. The Balaban J connectivity index is 1.65. The Morgan fingerprint density at radius 1 is 1.32 bits per heavy atom.